The number of nitrogens with zero attached hydrogens (tertiary/aromatic N) is 3. The Labute approximate surface area is 197 Å². The third-order valence-corrected chi connectivity index (χ3v) is 8.57. The molecule has 3 aromatic heterocycles. The van der Waals surface area contributed by atoms with Crippen molar-refractivity contribution in [3.63, 3.8) is 0 Å². The Balaban J connectivity index is 1.69. The Morgan fingerprint density at radius 2 is 2.00 bits per heavy atom. The highest BCUT2D eigenvalue weighted by atomic mass is 32.2. The maximum atomic E-state index is 12.9. The average Bonchev–Trinajstić information content (AvgIpc) is 3.32. The van der Waals surface area contributed by atoms with Crippen LogP contribution in [0, 0.1) is 0 Å². The van der Waals surface area contributed by atoms with Gasteiger partial charge in [0.05, 0.1) is 41.0 Å². The van der Waals surface area contributed by atoms with Gasteiger partial charge in [-0.05, 0) is 23.3 Å². The molecule has 5 rings (SSSR count). The number of rotatable bonds is 6. The summed E-state index contributed by atoms with van der Waals surface area (Å²) in [6.07, 6.45) is 2.07. The fraction of sp³-hybridized carbons (Fsp3) is 0.208. The van der Waals surface area contributed by atoms with Crippen molar-refractivity contribution in [1.29, 1.82) is 0 Å². The van der Waals surface area contributed by atoms with Crippen molar-refractivity contribution in [2.24, 2.45) is 0 Å². The van der Waals surface area contributed by atoms with Crippen LogP contribution in [0.4, 0.5) is 11.5 Å². The van der Waals surface area contributed by atoms with E-state index in [9.17, 15) is 9.00 Å². The summed E-state index contributed by atoms with van der Waals surface area (Å²) >= 11 is 1.35. The Hall–Kier alpha value is -3.14. The van der Waals surface area contributed by atoms with Crippen molar-refractivity contribution >= 4 is 49.8 Å². The highest BCUT2D eigenvalue weighted by molar-refractivity contribution is 7.87. The molecule has 0 saturated heterocycles. The number of nitrogens with two attached hydrogens (primary N) is 1. The summed E-state index contributed by atoms with van der Waals surface area (Å²) in [4.78, 5) is 23.8. The normalized spacial score (nSPS) is 14.1. The SMILES string of the molecule is COCCS(=O)c1sc2nc(-c3cnc4c(c3)CC(=O)N4C)cc(-c3ccccc3)c2c1N. The van der Waals surface area contributed by atoms with E-state index in [-0.39, 0.29) is 5.91 Å². The second kappa shape index (κ2) is 8.66. The minimum Gasteiger partial charge on any atom is -0.396 e. The molecule has 9 heteroatoms. The van der Waals surface area contributed by atoms with Crippen LogP contribution >= 0.6 is 11.3 Å². The van der Waals surface area contributed by atoms with Crippen molar-refractivity contribution in [3.05, 3.63) is 54.2 Å². The second-order valence-corrected chi connectivity index (χ2v) is 10.5. The summed E-state index contributed by atoms with van der Waals surface area (Å²) in [6, 6.07) is 13.9. The first kappa shape index (κ1) is 21.7. The summed E-state index contributed by atoms with van der Waals surface area (Å²) in [5.74, 6) is 1.08. The van der Waals surface area contributed by atoms with Crippen molar-refractivity contribution in [2.45, 2.75) is 10.6 Å². The van der Waals surface area contributed by atoms with Crippen LogP contribution in [0.25, 0.3) is 32.6 Å². The zero-order valence-corrected chi connectivity index (χ0v) is 19.8. The lowest BCUT2D eigenvalue weighted by Gasteiger charge is -2.11. The number of benzene rings is 1. The molecule has 0 aliphatic carbocycles. The van der Waals surface area contributed by atoms with Gasteiger partial charge in [0.15, 0.2) is 0 Å². The van der Waals surface area contributed by atoms with Gasteiger partial charge in [-0.25, -0.2) is 9.97 Å². The van der Waals surface area contributed by atoms with E-state index in [4.69, 9.17) is 15.5 Å². The summed E-state index contributed by atoms with van der Waals surface area (Å²) < 4.78 is 18.6. The molecular weight excluding hydrogens is 456 g/mol. The number of hydrogen-bond donors (Lipinski definition) is 1. The van der Waals surface area contributed by atoms with Gasteiger partial charge in [0.2, 0.25) is 5.91 Å². The van der Waals surface area contributed by atoms with Crippen LogP contribution in [0.5, 0.6) is 0 Å². The highest BCUT2D eigenvalue weighted by Crippen LogP contribution is 2.43. The van der Waals surface area contributed by atoms with Crippen molar-refractivity contribution < 1.29 is 13.7 Å². The predicted molar refractivity (Wildman–Crippen MR) is 133 cm³/mol. The molecule has 1 aromatic carbocycles. The lowest BCUT2D eigenvalue weighted by Crippen LogP contribution is -2.21. The zero-order valence-electron chi connectivity index (χ0n) is 18.2. The van der Waals surface area contributed by atoms with E-state index < -0.39 is 10.8 Å². The molecule has 1 aliphatic heterocycles. The quantitative estimate of drug-likeness (QED) is 0.452. The van der Waals surface area contributed by atoms with Gasteiger partial charge in [-0.15, -0.1) is 11.3 Å². The fourth-order valence-corrected chi connectivity index (χ4v) is 6.55. The number of methoxy groups -OCH3 is 1. The van der Waals surface area contributed by atoms with Gasteiger partial charge < -0.3 is 10.5 Å². The van der Waals surface area contributed by atoms with Crippen LogP contribution in [0.15, 0.2) is 52.9 Å². The van der Waals surface area contributed by atoms with Gasteiger partial charge in [-0.2, -0.15) is 0 Å². The number of anilines is 2. The number of carbonyl (C=O) groups excluding carboxylic acids is 1. The number of likely N-dealkylation sites (N-methyl/N-ethyl adjacent to an activating group) is 1. The number of thiophene rings is 1. The number of fused-ring (bicyclic) bond motifs is 2. The minimum atomic E-state index is -1.28. The number of nitrogen functional groups attached to an aromatic ring is 1. The summed E-state index contributed by atoms with van der Waals surface area (Å²) in [5, 5.41) is 0.805. The van der Waals surface area contributed by atoms with Gasteiger partial charge >= 0.3 is 0 Å². The molecule has 168 valence electrons. The van der Waals surface area contributed by atoms with Crippen LogP contribution in [0.1, 0.15) is 5.56 Å². The van der Waals surface area contributed by atoms with E-state index in [2.05, 4.69) is 4.98 Å². The number of hydrogen-bond acceptors (Lipinski definition) is 7. The highest BCUT2D eigenvalue weighted by Gasteiger charge is 2.26. The molecule has 33 heavy (non-hydrogen) atoms. The molecule has 7 nitrogen and oxygen atoms in total. The van der Waals surface area contributed by atoms with Gasteiger partial charge in [0, 0.05) is 36.9 Å². The van der Waals surface area contributed by atoms with Crippen LogP contribution in [0.3, 0.4) is 0 Å². The van der Waals surface area contributed by atoms with Gasteiger partial charge in [0.25, 0.3) is 0 Å². The van der Waals surface area contributed by atoms with Gasteiger partial charge in [-0.3, -0.25) is 13.9 Å². The molecule has 0 fully saturated rings. The molecule has 4 heterocycles. The van der Waals surface area contributed by atoms with Crippen LogP contribution < -0.4 is 10.6 Å². The summed E-state index contributed by atoms with van der Waals surface area (Å²) in [7, 11) is 2.04. The summed E-state index contributed by atoms with van der Waals surface area (Å²) in [5.41, 5.74) is 11.4. The van der Waals surface area contributed by atoms with E-state index in [1.54, 1.807) is 25.3 Å². The Morgan fingerprint density at radius 3 is 2.76 bits per heavy atom. The fourth-order valence-electron chi connectivity index (χ4n) is 3.99. The number of pyridine rings is 2. The van der Waals surface area contributed by atoms with Crippen LogP contribution in [-0.4, -0.2) is 46.6 Å². The topological polar surface area (TPSA) is 98.4 Å². The molecule has 4 aromatic rings. The van der Waals surface area contributed by atoms with Gasteiger partial charge in [0.1, 0.15) is 14.9 Å². The lowest BCUT2D eigenvalue weighted by atomic mass is 10.00. The second-order valence-electron chi connectivity index (χ2n) is 7.78. The molecule has 1 atom stereocenters. The third-order valence-electron chi connectivity index (χ3n) is 5.70. The number of amides is 1. The molecule has 1 unspecified atom stereocenters. The lowest BCUT2D eigenvalue weighted by molar-refractivity contribution is -0.117. The maximum absolute atomic E-state index is 12.9. The van der Waals surface area contributed by atoms with E-state index in [1.807, 2.05) is 42.5 Å². The maximum Gasteiger partial charge on any atom is 0.232 e. The molecule has 1 amide bonds. The zero-order chi connectivity index (χ0) is 23.1. The Morgan fingerprint density at radius 1 is 1.21 bits per heavy atom. The van der Waals surface area contributed by atoms with Crippen molar-refractivity contribution in [1.82, 2.24) is 9.97 Å². The monoisotopic (exact) mass is 478 g/mol. The van der Waals surface area contributed by atoms with Crippen LogP contribution in [0.2, 0.25) is 0 Å². The largest absolute Gasteiger partial charge is 0.396 e. The van der Waals surface area contributed by atoms with Gasteiger partial charge in [-0.1, -0.05) is 30.3 Å². The predicted octanol–water partition coefficient (Wildman–Crippen LogP) is 3.88. The third kappa shape index (κ3) is 3.82. The average molecular weight is 479 g/mol. The Bertz CT molecular complexity index is 1400. The minimum absolute atomic E-state index is 0.0252. The molecule has 0 spiro atoms. The molecular formula is C24H22N4O3S2. The van der Waals surface area contributed by atoms with Crippen LogP contribution in [-0.2, 0) is 26.8 Å². The molecule has 0 saturated carbocycles. The Kier molecular flexibility index (Phi) is 5.69. The van der Waals surface area contributed by atoms with Crippen molar-refractivity contribution in [2.75, 3.05) is 37.2 Å². The number of carbonyl (C=O) groups is 1. The number of aromatic nitrogens is 2. The first-order valence-electron chi connectivity index (χ1n) is 10.4. The molecule has 0 bridgehead atoms. The number of ether oxygens (including phenoxy) is 1. The van der Waals surface area contributed by atoms with Crippen molar-refractivity contribution in [3.8, 4) is 22.4 Å². The van der Waals surface area contributed by atoms with E-state index in [0.717, 1.165) is 38.2 Å². The smallest absolute Gasteiger partial charge is 0.232 e. The molecule has 0 radical (unpaired) electrons. The summed E-state index contributed by atoms with van der Waals surface area (Å²) in [6.45, 7) is 0.387. The van der Waals surface area contributed by atoms with E-state index in [1.165, 1.54) is 11.3 Å². The molecule has 2 N–H and O–H groups in total. The first-order valence-corrected chi connectivity index (χ1v) is 12.5. The standard InChI is InChI=1S/C24H22N4O3S2/c1-28-19(29)11-15-10-16(13-26-22(15)28)18-12-17(14-6-4-3-5-7-14)20-21(25)24(32-23(20)27-18)33(30)9-8-31-2/h3-7,10,12-13H,8-9,11,25H2,1-2H3. The molecule has 1 aliphatic rings. The first-order chi connectivity index (χ1) is 16.0. The van der Waals surface area contributed by atoms with E-state index >= 15 is 0 Å². The van der Waals surface area contributed by atoms with E-state index in [0.29, 0.717) is 34.5 Å².